The van der Waals surface area contributed by atoms with E-state index in [1.807, 2.05) is 38.1 Å². The molecule has 0 aliphatic heterocycles. The van der Waals surface area contributed by atoms with Crippen LogP contribution >= 0.6 is 0 Å². The monoisotopic (exact) mass is 581 g/mol. The van der Waals surface area contributed by atoms with Crippen molar-refractivity contribution in [2.45, 2.75) is 103 Å². The molecular formula is C31H43N5O6. The molecule has 1 aromatic heterocycles. The molecule has 1 aliphatic rings. The highest BCUT2D eigenvalue weighted by Gasteiger charge is 2.34. The Morgan fingerprint density at radius 3 is 2.38 bits per heavy atom. The number of benzene rings is 1. The number of ketones is 1. The molecule has 3 rings (SSSR count). The number of fused-ring (bicyclic) bond motifs is 1. The van der Waals surface area contributed by atoms with Gasteiger partial charge < -0.3 is 31.1 Å². The molecule has 42 heavy (non-hydrogen) atoms. The summed E-state index contributed by atoms with van der Waals surface area (Å²) in [6.07, 6.45) is 7.43. The molecule has 3 amide bonds. The van der Waals surface area contributed by atoms with Crippen molar-refractivity contribution >= 4 is 46.6 Å². The van der Waals surface area contributed by atoms with Crippen molar-refractivity contribution in [3.05, 3.63) is 36.0 Å². The van der Waals surface area contributed by atoms with Crippen molar-refractivity contribution in [3.63, 3.8) is 0 Å². The zero-order valence-corrected chi connectivity index (χ0v) is 24.7. The van der Waals surface area contributed by atoms with Gasteiger partial charge in [-0.05, 0) is 49.7 Å². The van der Waals surface area contributed by atoms with Crippen LogP contribution in [0.4, 0.5) is 0 Å². The number of hydrogen-bond donors (Lipinski definition) is 5. The van der Waals surface area contributed by atoms with E-state index in [0.717, 1.165) is 48.6 Å². The first kappa shape index (κ1) is 32.5. The number of nitrogens with one attached hydrogen (secondary N) is 5. The standard InChI is InChI=1S/C31H43N5O6/c1-4-19(2)28(31(41)42-23-10-6-5-7-11-23)36-29(39)26(15-14-22(38)17-32)35-30(40)27(34-20(3)37)16-21-18-33-25-13-9-8-12-24(21)25/h8-9,12-13,17-19,23,26-28,32-33H,4-7,10-11,14-16H2,1-3H3,(H,34,37)(H,35,40)(H,36,39)/t19?,26-,27-,28-/m0/s1. The lowest BCUT2D eigenvalue weighted by Gasteiger charge is -2.29. The Morgan fingerprint density at radius 1 is 1.02 bits per heavy atom. The van der Waals surface area contributed by atoms with Gasteiger partial charge in [-0.15, -0.1) is 0 Å². The maximum Gasteiger partial charge on any atom is 0.329 e. The minimum absolute atomic E-state index is 0.0867. The molecule has 0 saturated heterocycles. The molecule has 1 aromatic carbocycles. The van der Waals surface area contributed by atoms with E-state index in [4.69, 9.17) is 10.1 Å². The number of hydrogen-bond acceptors (Lipinski definition) is 7. The van der Waals surface area contributed by atoms with Gasteiger partial charge in [-0.2, -0.15) is 0 Å². The van der Waals surface area contributed by atoms with E-state index in [-0.39, 0.29) is 31.3 Å². The van der Waals surface area contributed by atoms with Crippen LogP contribution in [0.1, 0.15) is 77.7 Å². The Kier molecular flexibility index (Phi) is 12.3. The van der Waals surface area contributed by atoms with Crippen LogP contribution in [0.25, 0.3) is 10.9 Å². The van der Waals surface area contributed by atoms with Crippen LogP contribution < -0.4 is 16.0 Å². The first-order valence-electron chi connectivity index (χ1n) is 14.8. The second-order valence-electron chi connectivity index (χ2n) is 11.1. The van der Waals surface area contributed by atoms with Crippen molar-refractivity contribution in [1.29, 1.82) is 5.41 Å². The first-order valence-corrected chi connectivity index (χ1v) is 14.8. The Balaban J connectivity index is 1.78. The predicted octanol–water partition coefficient (Wildman–Crippen LogP) is 3.11. The highest BCUT2D eigenvalue weighted by molar-refractivity contribution is 6.26. The second kappa shape index (κ2) is 15.8. The van der Waals surface area contributed by atoms with Gasteiger partial charge in [0.1, 0.15) is 24.2 Å². The normalized spacial score (nSPS) is 16.5. The molecule has 1 saturated carbocycles. The van der Waals surface area contributed by atoms with Crippen molar-refractivity contribution in [1.82, 2.24) is 20.9 Å². The number of Topliss-reactive ketones (excluding diaryl/α,β-unsaturated/α-hetero) is 1. The summed E-state index contributed by atoms with van der Waals surface area (Å²) in [7, 11) is 0. The second-order valence-corrected chi connectivity index (χ2v) is 11.1. The van der Waals surface area contributed by atoms with Crippen molar-refractivity contribution in [2.24, 2.45) is 5.92 Å². The Labute approximate surface area is 246 Å². The summed E-state index contributed by atoms with van der Waals surface area (Å²) in [5.41, 5.74) is 1.69. The number of carbonyl (C=O) groups is 5. The molecule has 11 nitrogen and oxygen atoms in total. The minimum Gasteiger partial charge on any atom is -0.461 e. The molecule has 228 valence electrons. The largest absolute Gasteiger partial charge is 0.461 e. The zero-order chi connectivity index (χ0) is 30.6. The Morgan fingerprint density at radius 2 is 1.71 bits per heavy atom. The molecule has 2 aromatic rings. The smallest absolute Gasteiger partial charge is 0.329 e. The SMILES string of the molecule is CCC(C)[C@H](NC(=O)[C@H](CCC(=O)C=N)NC(=O)[C@H](Cc1c[nH]c2ccccc12)NC(C)=O)C(=O)OC1CCCCC1. The fourth-order valence-electron chi connectivity index (χ4n) is 5.22. The van der Waals surface area contributed by atoms with Gasteiger partial charge in [-0.1, -0.05) is 44.9 Å². The van der Waals surface area contributed by atoms with E-state index in [1.165, 1.54) is 6.92 Å². The molecule has 1 aliphatic carbocycles. The summed E-state index contributed by atoms with van der Waals surface area (Å²) in [4.78, 5) is 67.3. The van der Waals surface area contributed by atoms with Gasteiger partial charge in [0, 0.05) is 36.9 Å². The summed E-state index contributed by atoms with van der Waals surface area (Å²) in [6, 6.07) is 4.45. The summed E-state index contributed by atoms with van der Waals surface area (Å²) in [6.45, 7) is 5.05. The first-order chi connectivity index (χ1) is 20.1. The average Bonchev–Trinajstić information content (AvgIpc) is 3.39. The van der Waals surface area contributed by atoms with E-state index in [1.54, 1.807) is 6.20 Å². The molecule has 0 radical (unpaired) electrons. The number of H-pyrrole nitrogens is 1. The van der Waals surface area contributed by atoms with Crippen LogP contribution in [0, 0.1) is 11.3 Å². The highest BCUT2D eigenvalue weighted by Crippen LogP contribution is 2.22. The highest BCUT2D eigenvalue weighted by atomic mass is 16.5. The third-order valence-corrected chi connectivity index (χ3v) is 7.87. The summed E-state index contributed by atoms with van der Waals surface area (Å²) in [5.74, 6) is -2.92. The molecule has 0 bridgehead atoms. The van der Waals surface area contributed by atoms with Gasteiger partial charge in [-0.25, -0.2) is 4.79 Å². The lowest BCUT2D eigenvalue weighted by Crippen LogP contribution is -2.57. The molecule has 11 heteroatoms. The number of amides is 3. The van der Waals surface area contributed by atoms with E-state index in [2.05, 4.69) is 20.9 Å². The molecule has 4 atom stereocenters. The summed E-state index contributed by atoms with van der Waals surface area (Å²) in [5, 5.41) is 16.2. The number of aromatic amines is 1. The van der Waals surface area contributed by atoms with E-state index >= 15 is 0 Å². The number of rotatable bonds is 15. The zero-order valence-electron chi connectivity index (χ0n) is 24.7. The van der Waals surface area contributed by atoms with Crippen LogP contribution in [0.3, 0.4) is 0 Å². The van der Waals surface area contributed by atoms with Crippen LogP contribution in [0.15, 0.2) is 30.5 Å². The molecule has 5 N–H and O–H groups in total. The van der Waals surface area contributed by atoms with Crippen LogP contribution in [0.2, 0.25) is 0 Å². The minimum atomic E-state index is -1.19. The molecule has 1 unspecified atom stereocenters. The maximum atomic E-state index is 13.5. The van der Waals surface area contributed by atoms with Crippen LogP contribution in [0.5, 0.6) is 0 Å². The average molecular weight is 582 g/mol. The van der Waals surface area contributed by atoms with Gasteiger partial charge >= 0.3 is 5.97 Å². The number of esters is 1. The van der Waals surface area contributed by atoms with E-state index < -0.39 is 47.6 Å². The molecule has 0 spiro atoms. The number of ether oxygens (including phenoxy) is 1. The van der Waals surface area contributed by atoms with Crippen molar-refractivity contribution < 1.29 is 28.7 Å². The van der Waals surface area contributed by atoms with Crippen molar-refractivity contribution in [3.8, 4) is 0 Å². The van der Waals surface area contributed by atoms with Gasteiger partial charge in [0.2, 0.25) is 17.7 Å². The summed E-state index contributed by atoms with van der Waals surface area (Å²) < 4.78 is 5.75. The van der Waals surface area contributed by atoms with Gasteiger partial charge in [0.05, 0.1) is 6.21 Å². The van der Waals surface area contributed by atoms with Gasteiger partial charge in [0.15, 0.2) is 5.78 Å². The lowest BCUT2D eigenvalue weighted by molar-refractivity contribution is -0.156. The van der Waals surface area contributed by atoms with Gasteiger partial charge in [0.25, 0.3) is 0 Å². The maximum absolute atomic E-state index is 13.5. The predicted molar refractivity (Wildman–Crippen MR) is 159 cm³/mol. The number of para-hydroxylation sites is 1. The third kappa shape index (κ3) is 9.25. The van der Waals surface area contributed by atoms with Crippen LogP contribution in [-0.4, -0.2) is 64.9 Å². The fraction of sp³-hybridized carbons (Fsp3) is 0.548. The lowest BCUT2D eigenvalue weighted by atomic mass is 9.96. The topological polar surface area (TPSA) is 170 Å². The Bertz CT molecular complexity index is 1270. The van der Waals surface area contributed by atoms with Crippen molar-refractivity contribution in [2.75, 3.05) is 0 Å². The number of carbonyl (C=O) groups excluding carboxylic acids is 5. The third-order valence-electron chi connectivity index (χ3n) is 7.87. The van der Waals surface area contributed by atoms with Gasteiger partial charge in [-0.3, -0.25) is 19.2 Å². The fourth-order valence-corrected chi connectivity index (χ4v) is 5.22. The quantitative estimate of drug-likeness (QED) is 0.160. The van der Waals surface area contributed by atoms with E-state index in [9.17, 15) is 24.0 Å². The molecule has 1 fully saturated rings. The number of aromatic nitrogens is 1. The summed E-state index contributed by atoms with van der Waals surface area (Å²) >= 11 is 0. The van der Waals surface area contributed by atoms with Crippen LogP contribution in [-0.2, 0) is 35.1 Å². The molecule has 1 heterocycles. The van der Waals surface area contributed by atoms with E-state index in [0.29, 0.717) is 12.6 Å². The Hall–Kier alpha value is -4.02. The molecular weight excluding hydrogens is 538 g/mol.